The second-order valence-electron chi connectivity index (χ2n) is 6.21. The number of nitrogens with zero attached hydrogens (tertiary/aromatic N) is 1. The van der Waals surface area contributed by atoms with Crippen LogP contribution in [0.25, 0.3) is 10.2 Å². The van der Waals surface area contributed by atoms with E-state index in [1.165, 1.54) is 11.3 Å². The summed E-state index contributed by atoms with van der Waals surface area (Å²) in [5.41, 5.74) is 2.22. The maximum atomic E-state index is 12.5. The highest BCUT2D eigenvalue weighted by Gasteiger charge is 2.17. The van der Waals surface area contributed by atoms with Crippen LogP contribution in [0, 0.1) is 6.92 Å². The standard InChI is InChI=1S/C20H15ClN4O2S/c1-11-4-2-7-14(8-11)22-19(27)16-10-15-17(24-25-20(15)28-16)23-18(26)12-5-3-6-13(21)9-12/h2-10H,1H3,(H,22,27)(H2,23,24,25,26). The van der Waals surface area contributed by atoms with Gasteiger partial charge in [-0.1, -0.05) is 29.8 Å². The summed E-state index contributed by atoms with van der Waals surface area (Å²) in [6.45, 7) is 1.96. The van der Waals surface area contributed by atoms with Gasteiger partial charge >= 0.3 is 0 Å². The van der Waals surface area contributed by atoms with Crippen molar-refractivity contribution in [2.24, 2.45) is 0 Å². The zero-order valence-corrected chi connectivity index (χ0v) is 16.3. The van der Waals surface area contributed by atoms with E-state index >= 15 is 0 Å². The number of nitrogens with one attached hydrogen (secondary N) is 3. The molecule has 0 spiro atoms. The van der Waals surface area contributed by atoms with Gasteiger partial charge in [-0.2, -0.15) is 5.10 Å². The lowest BCUT2D eigenvalue weighted by Crippen LogP contribution is -2.12. The van der Waals surface area contributed by atoms with E-state index in [0.717, 1.165) is 11.3 Å². The molecule has 2 amide bonds. The van der Waals surface area contributed by atoms with Gasteiger partial charge in [-0.15, -0.1) is 11.3 Å². The average Bonchev–Trinajstić information content (AvgIpc) is 3.24. The maximum absolute atomic E-state index is 12.5. The van der Waals surface area contributed by atoms with Crippen LogP contribution in [0.5, 0.6) is 0 Å². The number of amides is 2. The van der Waals surface area contributed by atoms with Crippen molar-refractivity contribution in [1.82, 2.24) is 10.2 Å². The van der Waals surface area contributed by atoms with Gasteiger partial charge in [0.1, 0.15) is 4.83 Å². The van der Waals surface area contributed by atoms with Gasteiger partial charge in [0.25, 0.3) is 11.8 Å². The highest BCUT2D eigenvalue weighted by molar-refractivity contribution is 7.20. The number of benzene rings is 2. The minimum absolute atomic E-state index is 0.215. The summed E-state index contributed by atoms with van der Waals surface area (Å²) < 4.78 is 0. The number of thiophene rings is 1. The van der Waals surface area contributed by atoms with Crippen molar-refractivity contribution in [3.8, 4) is 0 Å². The summed E-state index contributed by atoms with van der Waals surface area (Å²) in [7, 11) is 0. The number of fused-ring (bicyclic) bond motifs is 1. The number of carbonyl (C=O) groups excluding carboxylic acids is 2. The Morgan fingerprint density at radius 2 is 1.86 bits per heavy atom. The molecule has 4 aromatic rings. The predicted molar refractivity (Wildman–Crippen MR) is 113 cm³/mol. The highest BCUT2D eigenvalue weighted by Crippen LogP contribution is 2.30. The van der Waals surface area contributed by atoms with Gasteiger partial charge in [-0.05, 0) is 48.9 Å². The summed E-state index contributed by atoms with van der Waals surface area (Å²) in [4.78, 5) is 26.2. The van der Waals surface area contributed by atoms with E-state index in [1.54, 1.807) is 30.3 Å². The van der Waals surface area contributed by atoms with Crippen molar-refractivity contribution >= 4 is 56.5 Å². The molecule has 0 aliphatic heterocycles. The highest BCUT2D eigenvalue weighted by atomic mass is 35.5. The summed E-state index contributed by atoms with van der Waals surface area (Å²) in [5, 5.41) is 13.8. The third-order valence-electron chi connectivity index (χ3n) is 4.07. The van der Waals surface area contributed by atoms with Gasteiger partial charge in [0.15, 0.2) is 5.82 Å². The molecule has 28 heavy (non-hydrogen) atoms. The molecule has 4 rings (SSSR count). The third-order valence-corrected chi connectivity index (χ3v) is 5.35. The molecule has 0 bridgehead atoms. The fourth-order valence-corrected chi connectivity index (χ4v) is 3.84. The van der Waals surface area contributed by atoms with E-state index in [9.17, 15) is 9.59 Å². The minimum atomic E-state index is -0.326. The van der Waals surface area contributed by atoms with E-state index < -0.39 is 0 Å². The minimum Gasteiger partial charge on any atom is -0.321 e. The number of hydrogen-bond acceptors (Lipinski definition) is 4. The molecule has 8 heteroatoms. The Balaban J connectivity index is 1.55. The van der Waals surface area contributed by atoms with E-state index in [1.807, 2.05) is 31.2 Å². The first-order chi connectivity index (χ1) is 13.5. The Kier molecular flexibility index (Phi) is 4.85. The maximum Gasteiger partial charge on any atom is 0.265 e. The van der Waals surface area contributed by atoms with Crippen molar-refractivity contribution in [3.05, 3.63) is 75.6 Å². The molecule has 0 atom stereocenters. The molecular formula is C20H15ClN4O2S. The van der Waals surface area contributed by atoms with Gasteiger partial charge < -0.3 is 10.6 Å². The Labute approximate surface area is 169 Å². The first-order valence-corrected chi connectivity index (χ1v) is 9.62. The first-order valence-electron chi connectivity index (χ1n) is 8.42. The summed E-state index contributed by atoms with van der Waals surface area (Å²) >= 11 is 7.21. The second kappa shape index (κ2) is 7.46. The monoisotopic (exact) mass is 410 g/mol. The van der Waals surface area contributed by atoms with Crippen molar-refractivity contribution in [3.63, 3.8) is 0 Å². The Morgan fingerprint density at radius 3 is 2.64 bits per heavy atom. The van der Waals surface area contributed by atoms with Crippen molar-refractivity contribution < 1.29 is 9.59 Å². The van der Waals surface area contributed by atoms with Gasteiger partial charge in [0, 0.05) is 16.3 Å². The van der Waals surface area contributed by atoms with Crippen LogP contribution in [0.2, 0.25) is 5.02 Å². The number of rotatable bonds is 4. The molecule has 6 nitrogen and oxygen atoms in total. The number of anilines is 2. The van der Waals surface area contributed by atoms with E-state index in [0.29, 0.717) is 31.5 Å². The zero-order valence-electron chi connectivity index (χ0n) is 14.7. The lowest BCUT2D eigenvalue weighted by Gasteiger charge is -2.04. The number of aromatic nitrogens is 2. The van der Waals surface area contributed by atoms with Crippen LogP contribution >= 0.6 is 22.9 Å². The number of carbonyl (C=O) groups is 2. The molecule has 0 radical (unpaired) electrons. The molecule has 0 fully saturated rings. The van der Waals surface area contributed by atoms with Crippen LogP contribution in [0.4, 0.5) is 11.5 Å². The molecule has 0 aliphatic rings. The predicted octanol–water partition coefficient (Wildman–Crippen LogP) is 5.09. The fourth-order valence-electron chi connectivity index (χ4n) is 2.75. The summed E-state index contributed by atoms with van der Waals surface area (Å²) in [6.07, 6.45) is 0. The number of halogens is 1. The Bertz CT molecular complexity index is 1200. The smallest absolute Gasteiger partial charge is 0.265 e. The lowest BCUT2D eigenvalue weighted by atomic mass is 10.2. The van der Waals surface area contributed by atoms with E-state index in [4.69, 9.17) is 11.6 Å². The molecule has 0 saturated heterocycles. The number of aryl methyl sites for hydroxylation is 1. The van der Waals surface area contributed by atoms with Gasteiger partial charge in [-0.25, -0.2) is 0 Å². The average molecular weight is 411 g/mol. The van der Waals surface area contributed by atoms with Gasteiger partial charge in [0.2, 0.25) is 0 Å². The van der Waals surface area contributed by atoms with Crippen molar-refractivity contribution in [1.29, 1.82) is 0 Å². The Hall–Kier alpha value is -3.16. The molecule has 0 saturated carbocycles. The zero-order chi connectivity index (χ0) is 19.7. The number of aromatic amines is 1. The SMILES string of the molecule is Cc1cccc(NC(=O)c2cc3c(NC(=O)c4cccc(Cl)c4)n[nH]c3s2)c1. The van der Waals surface area contributed by atoms with Crippen LogP contribution < -0.4 is 10.6 Å². The number of H-pyrrole nitrogens is 1. The third kappa shape index (κ3) is 3.76. The molecule has 2 heterocycles. The topological polar surface area (TPSA) is 86.9 Å². The first kappa shape index (κ1) is 18.2. The molecule has 140 valence electrons. The molecule has 3 N–H and O–H groups in total. The fraction of sp³-hybridized carbons (Fsp3) is 0.0500. The van der Waals surface area contributed by atoms with Crippen LogP contribution in [-0.2, 0) is 0 Å². The molecule has 2 aromatic heterocycles. The summed E-state index contributed by atoms with van der Waals surface area (Å²) in [5.74, 6) is -0.175. The van der Waals surface area contributed by atoms with Crippen LogP contribution in [-0.4, -0.2) is 22.0 Å². The van der Waals surface area contributed by atoms with Crippen molar-refractivity contribution in [2.45, 2.75) is 6.92 Å². The van der Waals surface area contributed by atoms with Crippen LogP contribution in [0.3, 0.4) is 0 Å². The van der Waals surface area contributed by atoms with Gasteiger partial charge in [0.05, 0.1) is 10.3 Å². The van der Waals surface area contributed by atoms with Gasteiger partial charge in [-0.3, -0.25) is 14.7 Å². The molecule has 2 aromatic carbocycles. The molecule has 0 unspecified atom stereocenters. The summed E-state index contributed by atoms with van der Waals surface area (Å²) in [6, 6.07) is 15.9. The quantitative estimate of drug-likeness (QED) is 0.438. The van der Waals surface area contributed by atoms with E-state index in [2.05, 4.69) is 20.8 Å². The van der Waals surface area contributed by atoms with Crippen molar-refractivity contribution in [2.75, 3.05) is 10.6 Å². The molecular weight excluding hydrogens is 396 g/mol. The number of hydrogen-bond donors (Lipinski definition) is 3. The molecule has 0 aliphatic carbocycles. The lowest BCUT2D eigenvalue weighted by molar-refractivity contribution is 0.102. The van der Waals surface area contributed by atoms with E-state index in [-0.39, 0.29) is 11.8 Å². The van der Waals surface area contributed by atoms with Crippen LogP contribution in [0.1, 0.15) is 25.6 Å². The normalized spacial score (nSPS) is 10.8. The van der Waals surface area contributed by atoms with Crippen LogP contribution in [0.15, 0.2) is 54.6 Å². The largest absolute Gasteiger partial charge is 0.321 e. The second-order valence-corrected chi connectivity index (χ2v) is 7.70. The Morgan fingerprint density at radius 1 is 1.04 bits per heavy atom.